The van der Waals surface area contributed by atoms with Gasteiger partial charge in [-0.2, -0.15) is 0 Å². The number of aromatic nitrogens is 1. The molecule has 3 N–H and O–H groups in total. The zero-order valence-corrected chi connectivity index (χ0v) is 10.1. The number of amides is 1. The number of hydrogen-bond donors (Lipinski definition) is 2. The molecule has 0 atom stereocenters. The highest BCUT2D eigenvalue weighted by Crippen LogP contribution is 2.22. The third-order valence-corrected chi connectivity index (χ3v) is 3.00. The normalized spacial score (nSPS) is 22.9. The summed E-state index contributed by atoms with van der Waals surface area (Å²) in [5.41, 5.74) is 6.92. The summed E-state index contributed by atoms with van der Waals surface area (Å²) in [6.07, 6.45) is 2.04. The topological polar surface area (TPSA) is 77.2 Å². The second-order valence-electron chi connectivity index (χ2n) is 4.42. The van der Waals surface area contributed by atoms with Crippen LogP contribution in [-0.2, 0) is 4.74 Å². The maximum atomic E-state index is 11.9. The lowest BCUT2D eigenvalue weighted by molar-refractivity contribution is 0.0176. The highest BCUT2D eigenvalue weighted by molar-refractivity contribution is 5.95. The van der Waals surface area contributed by atoms with Crippen molar-refractivity contribution < 1.29 is 9.53 Å². The van der Waals surface area contributed by atoms with E-state index < -0.39 is 0 Å². The first-order valence-corrected chi connectivity index (χ1v) is 5.66. The van der Waals surface area contributed by atoms with Gasteiger partial charge in [-0.15, -0.1) is 0 Å². The van der Waals surface area contributed by atoms with E-state index in [9.17, 15) is 4.79 Å². The molecule has 0 bridgehead atoms. The Morgan fingerprint density at radius 3 is 2.82 bits per heavy atom. The van der Waals surface area contributed by atoms with Crippen LogP contribution in [0, 0.1) is 6.92 Å². The molecule has 0 aromatic carbocycles. The number of nitrogen functional groups attached to an aromatic ring is 1. The zero-order valence-electron chi connectivity index (χ0n) is 10.1. The van der Waals surface area contributed by atoms with E-state index in [1.807, 2.05) is 6.92 Å². The fourth-order valence-corrected chi connectivity index (χ4v) is 1.97. The van der Waals surface area contributed by atoms with Gasteiger partial charge in [0, 0.05) is 24.4 Å². The molecule has 2 rings (SSSR count). The van der Waals surface area contributed by atoms with E-state index in [1.54, 1.807) is 19.2 Å². The number of nitrogens with one attached hydrogen (secondary N) is 1. The van der Waals surface area contributed by atoms with Crippen LogP contribution < -0.4 is 11.1 Å². The van der Waals surface area contributed by atoms with Crippen molar-refractivity contribution in [2.45, 2.75) is 31.9 Å². The van der Waals surface area contributed by atoms with Crippen LogP contribution in [0.2, 0.25) is 0 Å². The van der Waals surface area contributed by atoms with Crippen LogP contribution in [0.15, 0.2) is 12.1 Å². The second kappa shape index (κ2) is 4.71. The van der Waals surface area contributed by atoms with E-state index in [4.69, 9.17) is 10.5 Å². The molecule has 17 heavy (non-hydrogen) atoms. The third-order valence-electron chi connectivity index (χ3n) is 3.00. The summed E-state index contributed by atoms with van der Waals surface area (Å²) < 4.78 is 5.16. The predicted molar refractivity (Wildman–Crippen MR) is 64.7 cm³/mol. The lowest BCUT2D eigenvalue weighted by Crippen LogP contribution is -2.47. The Morgan fingerprint density at radius 2 is 2.24 bits per heavy atom. The smallest absolute Gasteiger partial charge is 0.251 e. The molecule has 5 nitrogen and oxygen atoms in total. The number of ether oxygens (including phenoxy) is 1. The van der Waals surface area contributed by atoms with Gasteiger partial charge in [-0.05, 0) is 31.9 Å². The molecule has 0 radical (unpaired) electrons. The zero-order chi connectivity index (χ0) is 12.4. The molecule has 5 heteroatoms. The Kier molecular flexibility index (Phi) is 3.28. The number of hydrogen-bond acceptors (Lipinski definition) is 4. The minimum Gasteiger partial charge on any atom is -0.384 e. The predicted octanol–water partition coefficient (Wildman–Crippen LogP) is 0.879. The molecule has 92 valence electrons. The number of nitrogens with two attached hydrogens (primary N) is 1. The number of pyridine rings is 1. The van der Waals surface area contributed by atoms with Crippen LogP contribution in [0.4, 0.5) is 5.82 Å². The minimum atomic E-state index is -0.0956. The maximum absolute atomic E-state index is 11.9. The summed E-state index contributed by atoms with van der Waals surface area (Å²) in [6, 6.07) is 3.54. The highest BCUT2D eigenvalue weighted by Gasteiger charge is 2.30. The van der Waals surface area contributed by atoms with Crippen LogP contribution >= 0.6 is 0 Å². The number of carbonyl (C=O) groups excluding carboxylic acids is 1. The number of nitrogens with zero attached hydrogens (tertiary/aromatic N) is 1. The molecule has 0 unspecified atom stereocenters. The molecule has 1 heterocycles. The van der Waals surface area contributed by atoms with Crippen LogP contribution in [-0.4, -0.2) is 30.1 Å². The van der Waals surface area contributed by atoms with Gasteiger partial charge in [0.25, 0.3) is 5.91 Å². The van der Waals surface area contributed by atoms with E-state index in [1.165, 1.54) is 0 Å². The summed E-state index contributed by atoms with van der Waals surface area (Å²) in [7, 11) is 1.69. The van der Waals surface area contributed by atoms with Gasteiger partial charge in [0.05, 0.1) is 6.10 Å². The molecule has 1 amide bonds. The highest BCUT2D eigenvalue weighted by atomic mass is 16.5. The van der Waals surface area contributed by atoms with Gasteiger partial charge in [0.1, 0.15) is 5.82 Å². The van der Waals surface area contributed by atoms with E-state index in [-0.39, 0.29) is 18.1 Å². The Balaban J connectivity index is 1.96. The number of anilines is 1. The average Bonchev–Trinajstić information content (AvgIpc) is 2.21. The first kappa shape index (κ1) is 11.9. The lowest BCUT2D eigenvalue weighted by atomic mass is 9.89. The quantitative estimate of drug-likeness (QED) is 0.815. The summed E-state index contributed by atoms with van der Waals surface area (Å²) in [5, 5.41) is 2.95. The molecule has 1 aromatic heterocycles. The summed E-state index contributed by atoms with van der Waals surface area (Å²) >= 11 is 0. The summed E-state index contributed by atoms with van der Waals surface area (Å²) in [5.74, 6) is 0.278. The van der Waals surface area contributed by atoms with E-state index in [0.29, 0.717) is 11.4 Å². The van der Waals surface area contributed by atoms with Gasteiger partial charge in [-0.3, -0.25) is 4.79 Å². The fraction of sp³-hybridized carbons (Fsp3) is 0.500. The fourth-order valence-electron chi connectivity index (χ4n) is 1.97. The van der Waals surface area contributed by atoms with Crippen molar-refractivity contribution in [3.63, 3.8) is 0 Å². The number of aryl methyl sites for hydroxylation is 1. The Hall–Kier alpha value is -1.62. The van der Waals surface area contributed by atoms with Gasteiger partial charge in [0.15, 0.2) is 0 Å². The molecular weight excluding hydrogens is 218 g/mol. The van der Waals surface area contributed by atoms with Gasteiger partial charge in [0.2, 0.25) is 0 Å². The van der Waals surface area contributed by atoms with Crippen molar-refractivity contribution in [3.05, 3.63) is 23.4 Å². The van der Waals surface area contributed by atoms with Crippen molar-refractivity contribution in [1.82, 2.24) is 10.3 Å². The van der Waals surface area contributed by atoms with E-state index in [2.05, 4.69) is 10.3 Å². The van der Waals surface area contributed by atoms with E-state index in [0.717, 1.165) is 18.5 Å². The average molecular weight is 235 g/mol. The Bertz CT molecular complexity index is 408. The van der Waals surface area contributed by atoms with Crippen molar-refractivity contribution in [2.24, 2.45) is 0 Å². The van der Waals surface area contributed by atoms with Gasteiger partial charge >= 0.3 is 0 Å². The van der Waals surface area contributed by atoms with Crippen LogP contribution in [0.5, 0.6) is 0 Å². The molecule has 0 spiro atoms. The number of rotatable bonds is 3. The molecule has 0 aliphatic heterocycles. The molecular formula is C12H17N3O2. The summed E-state index contributed by atoms with van der Waals surface area (Å²) in [4.78, 5) is 15.9. The van der Waals surface area contributed by atoms with Gasteiger partial charge in [-0.25, -0.2) is 4.98 Å². The molecule has 1 aliphatic rings. The van der Waals surface area contributed by atoms with Crippen LogP contribution in [0.25, 0.3) is 0 Å². The number of methoxy groups -OCH3 is 1. The number of carbonyl (C=O) groups is 1. The minimum absolute atomic E-state index is 0.0956. The second-order valence-corrected chi connectivity index (χ2v) is 4.42. The Labute approximate surface area is 100 Å². The lowest BCUT2D eigenvalue weighted by Gasteiger charge is -2.34. The van der Waals surface area contributed by atoms with Gasteiger partial charge < -0.3 is 15.8 Å². The molecule has 1 saturated carbocycles. The molecule has 1 aromatic rings. The molecule has 1 fully saturated rings. The van der Waals surface area contributed by atoms with Gasteiger partial charge in [-0.1, -0.05) is 0 Å². The molecule has 0 saturated heterocycles. The van der Waals surface area contributed by atoms with Crippen LogP contribution in [0.1, 0.15) is 28.9 Å². The first-order chi connectivity index (χ1) is 8.08. The van der Waals surface area contributed by atoms with Crippen LogP contribution in [0.3, 0.4) is 0 Å². The van der Waals surface area contributed by atoms with Crippen molar-refractivity contribution >= 4 is 11.7 Å². The maximum Gasteiger partial charge on any atom is 0.251 e. The van der Waals surface area contributed by atoms with Crippen molar-refractivity contribution in [1.29, 1.82) is 0 Å². The monoisotopic (exact) mass is 235 g/mol. The molecule has 1 aliphatic carbocycles. The SMILES string of the molecule is COC1CC(NC(=O)c2cc(C)nc(N)c2)C1. The summed E-state index contributed by atoms with van der Waals surface area (Å²) in [6.45, 7) is 1.82. The van der Waals surface area contributed by atoms with Crippen molar-refractivity contribution in [2.75, 3.05) is 12.8 Å². The third kappa shape index (κ3) is 2.74. The Morgan fingerprint density at radius 1 is 1.53 bits per heavy atom. The van der Waals surface area contributed by atoms with E-state index >= 15 is 0 Å². The van der Waals surface area contributed by atoms with Crippen molar-refractivity contribution in [3.8, 4) is 0 Å². The first-order valence-electron chi connectivity index (χ1n) is 5.66. The standard InChI is InChI=1S/C12H17N3O2/c1-7-3-8(4-11(13)14-7)12(16)15-9-5-10(6-9)17-2/h3-4,9-10H,5-6H2,1-2H3,(H2,13,14)(H,15,16). The largest absolute Gasteiger partial charge is 0.384 e.